The smallest absolute Gasteiger partial charge is 0.246 e. The number of fused-ring (bicyclic) bond motifs is 5. The van der Waals surface area contributed by atoms with E-state index < -0.39 is 169 Å². The van der Waals surface area contributed by atoms with E-state index in [-0.39, 0.29) is 30.0 Å². The molecule has 3 aliphatic rings. The number of aromatic amines is 1. The van der Waals surface area contributed by atoms with E-state index in [1.54, 1.807) is 37.7 Å². The number of rotatable bonds is 14. The number of Topliss-reactive ketones (excluding diaryl/α,β-unsaturated/α-hetero) is 1. The van der Waals surface area contributed by atoms with Crippen LogP contribution in [0.15, 0.2) is 17.2 Å². The van der Waals surface area contributed by atoms with Crippen LogP contribution in [0.25, 0.3) is 10.9 Å². The summed E-state index contributed by atoms with van der Waals surface area (Å²) < 4.78 is 20.9. The van der Waals surface area contributed by atoms with Crippen molar-refractivity contribution < 1.29 is 67.4 Å². The number of aliphatic hydroxyl groups excluding tert-OH is 3. The molecule has 4 heterocycles. The van der Waals surface area contributed by atoms with Gasteiger partial charge in [-0.15, -0.1) is 0 Å². The van der Waals surface area contributed by atoms with Gasteiger partial charge in [-0.25, -0.2) is 0 Å². The Morgan fingerprint density at radius 3 is 2.32 bits per heavy atom. The summed E-state index contributed by atoms with van der Waals surface area (Å²) in [6.07, 6.45) is -3.14. The van der Waals surface area contributed by atoms with Gasteiger partial charge in [0.1, 0.15) is 34.9 Å². The van der Waals surface area contributed by atoms with E-state index >= 15 is 4.21 Å². The SMILES string of the molecule is CC[C@H](C)[C@@H]1CC(=O)CNC(=O)[C@@H]2Cc3c([nH]c4c(CSCCCCN)c(OC)ccc34)S(=O)C[C@H](NC(=O)CNC1=O)C(=O)N[C@@H](CC(N)=O)C(=O)N1C[C@H](O)CC1CC(=O)N[C@@H]([C@@H](C)[C@@H](O)CO)C(=O)N2. The van der Waals surface area contributed by atoms with Crippen LogP contribution < -0.4 is 48.1 Å². The highest BCUT2D eigenvalue weighted by molar-refractivity contribution is 7.98. The Labute approximate surface area is 429 Å². The number of H-pyrrole nitrogens is 1. The topological polar surface area (TPSA) is 384 Å². The average molecular weight is 1060 g/mol. The van der Waals surface area contributed by atoms with Crippen LogP contribution in [0.4, 0.5) is 0 Å². The van der Waals surface area contributed by atoms with Crippen LogP contribution in [-0.2, 0) is 66.1 Å². The number of carbonyl (C=O) groups excluding carboxylic acids is 9. The summed E-state index contributed by atoms with van der Waals surface area (Å²) in [4.78, 5) is 130. The maximum Gasteiger partial charge on any atom is 0.246 e. The van der Waals surface area contributed by atoms with Gasteiger partial charge < -0.3 is 73.3 Å². The molecule has 1 saturated heterocycles. The van der Waals surface area contributed by atoms with Crippen LogP contribution in [0.3, 0.4) is 0 Å². The number of unbranched alkanes of at least 4 members (excludes halogenated alkanes) is 1. The molecule has 0 saturated carbocycles. The van der Waals surface area contributed by atoms with Crippen LogP contribution >= 0.6 is 11.8 Å². The van der Waals surface area contributed by atoms with E-state index in [2.05, 4.69) is 36.9 Å². The van der Waals surface area contributed by atoms with Gasteiger partial charge in [-0.2, -0.15) is 11.8 Å². The molecular formula is C47H70N10O14S2. The van der Waals surface area contributed by atoms with Crippen molar-refractivity contribution in [3.05, 3.63) is 23.3 Å². The monoisotopic (exact) mass is 1060 g/mol. The quantitative estimate of drug-likeness (QED) is 0.0831. The normalized spacial score (nSPS) is 26.7. The molecule has 2 aromatic rings. The molecule has 24 nitrogen and oxygen atoms in total. The second-order valence-electron chi connectivity index (χ2n) is 18.8. The fraction of sp³-hybridized carbons (Fsp3) is 0.638. The molecular weight excluding hydrogens is 993 g/mol. The van der Waals surface area contributed by atoms with E-state index in [1.165, 1.54) is 14.0 Å². The Morgan fingerprint density at radius 1 is 0.918 bits per heavy atom. The van der Waals surface area contributed by atoms with Crippen LogP contribution in [-0.4, -0.2) is 176 Å². The molecule has 1 aromatic heterocycles. The number of carbonyl (C=O) groups is 9. The number of ketones is 1. The molecule has 5 rings (SSSR count). The van der Waals surface area contributed by atoms with Gasteiger partial charge in [-0.05, 0) is 55.2 Å². The first kappa shape index (κ1) is 58.2. The Bertz CT molecular complexity index is 2400. The fourth-order valence-corrected chi connectivity index (χ4v) is 11.6. The molecule has 14 N–H and O–H groups in total. The predicted octanol–water partition coefficient (Wildman–Crippen LogP) is -3.16. The largest absolute Gasteiger partial charge is 0.496 e. The zero-order valence-electron chi connectivity index (χ0n) is 41.5. The molecule has 0 aliphatic carbocycles. The lowest BCUT2D eigenvalue weighted by Crippen LogP contribution is -2.59. The molecule has 11 atom stereocenters. The molecule has 73 heavy (non-hydrogen) atoms. The van der Waals surface area contributed by atoms with Crippen molar-refractivity contribution in [1.29, 1.82) is 0 Å². The van der Waals surface area contributed by atoms with Gasteiger partial charge in [0, 0.05) is 60.4 Å². The standard InChI is InChI=1S/C47H70N10O14S2/c1-5-23(2)29-14-26(59)17-50-43(66)32-15-30-28-8-9-36(71-4)31(21-72-11-7-6-10-48)41(28)56-46(30)73(70)22-34(52-39(64)18-51-42(29)65)44(67)54-33(16-37(49)62)47(69)57-19-27(60)12-25(57)13-38(63)55-40(45(68)53-32)24(3)35(61)20-58/h8-9,23-25,27,29,32-35,40,56,58,60-61H,5-7,10-22,48H2,1-4H3,(H2,49,62)(H,50,66)(H,51,65)(H,52,64)(H,53,68)(H,54,67)(H,55,63)/t23-,24-,25?,27+,29-,32-,33-,34-,35-,40-,73?/m0/s1. The summed E-state index contributed by atoms with van der Waals surface area (Å²) >= 11 is 1.56. The van der Waals surface area contributed by atoms with Crippen molar-refractivity contribution in [2.75, 3.05) is 51.4 Å². The first-order valence-corrected chi connectivity index (χ1v) is 26.9. The van der Waals surface area contributed by atoms with Crippen molar-refractivity contribution in [1.82, 2.24) is 41.8 Å². The van der Waals surface area contributed by atoms with Crippen molar-refractivity contribution in [3.8, 4) is 5.75 Å². The average Bonchev–Trinajstić information content (AvgIpc) is 3.92. The third-order valence-corrected chi connectivity index (χ3v) is 16.1. The third-order valence-electron chi connectivity index (χ3n) is 13.6. The van der Waals surface area contributed by atoms with Gasteiger partial charge in [0.2, 0.25) is 47.3 Å². The molecule has 1 fully saturated rings. The summed E-state index contributed by atoms with van der Waals surface area (Å²) in [5.74, 6) is -10.0. The lowest BCUT2D eigenvalue weighted by molar-refractivity contribution is -0.140. The second kappa shape index (κ2) is 27.0. The van der Waals surface area contributed by atoms with Crippen LogP contribution in [0, 0.1) is 17.8 Å². The summed E-state index contributed by atoms with van der Waals surface area (Å²) in [6.45, 7) is 2.82. The van der Waals surface area contributed by atoms with Gasteiger partial charge in [0.05, 0.1) is 67.5 Å². The predicted molar refractivity (Wildman–Crippen MR) is 267 cm³/mol. The summed E-state index contributed by atoms with van der Waals surface area (Å²) in [5, 5.41) is 47.2. The third kappa shape index (κ3) is 15.2. The number of nitrogens with two attached hydrogens (primary N) is 2. The van der Waals surface area contributed by atoms with Crippen molar-refractivity contribution in [2.45, 2.75) is 125 Å². The maximum absolute atomic E-state index is 15.1. The summed E-state index contributed by atoms with van der Waals surface area (Å²) in [6, 6.07) is -4.66. The maximum atomic E-state index is 15.1. The number of hydrogen-bond donors (Lipinski definition) is 12. The molecule has 404 valence electrons. The number of thioether (sulfide) groups is 1. The molecule has 2 unspecified atom stereocenters. The second-order valence-corrected chi connectivity index (χ2v) is 21.4. The summed E-state index contributed by atoms with van der Waals surface area (Å²) in [5.41, 5.74) is 12.5. The number of methoxy groups -OCH3 is 1. The first-order valence-electron chi connectivity index (χ1n) is 24.4. The van der Waals surface area contributed by atoms with E-state index in [0.717, 1.165) is 17.7 Å². The lowest BCUT2D eigenvalue weighted by atomic mass is 9.86. The summed E-state index contributed by atoms with van der Waals surface area (Å²) in [7, 11) is -0.911. The van der Waals surface area contributed by atoms with Crippen molar-refractivity contribution in [2.24, 2.45) is 29.2 Å². The van der Waals surface area contributed by atoms with Gasteiger partial charge in [-0.3, -0.25) is 47.4 Å². The Kier molecular flexibility index (Phi) is 21.6. The highest BCUT2D eigenvalue weighted by Gasteiger charge is 2.42. The minimum Gasteiger partial charge on any atom is -0.496 e. The van der Waals surface area contributed by atoms with Crippen LogP contribution in [0.2, 0.25) is 0 Å². The van der Waals surface area contributed by atoms with E-state index in [4.69, 9.17) is 16.2 Å². The number of primary amides is 1. The van der Waals surface area contributed by atoms with Gasteiger partial charge in [-0.1, -0.05) is 27.2 Å². The zero-order valence-corrected chi connectivity index (χ0v) is 43.1. The molecule has 3 aliphatic heterocycles. The van der Waals surface area contributed by atoms with Gasteiger partial charge in [0.15, 0.2) is 5.78 Å². The fourth-order valence-electron chi connectivity index (χ4n) is 9.19. The highest BCUT2D eigenvalue weighted by atomic mass is 32.2. The number of benzene rings is 1. The van der Waals surface area contributed by atoms with E-state index in [9.17, 15) is 58.5 Å². The number of amides is 8. The lowest BCUT2D eigenvalue weighted by Gasteiger charge is -2.31. The van der Waals surface area contributed by atoms with Crippen LogP contribution in [0.5, 0.6) is 5.75 Å². The van der Waals surface area contributed by atoms with Crippen molar-refractivity contribution >= 4 is 86.5 Å². The number of aliphatic hydroxyl groups is 3. The highest BCUT2D eigenvalue weighted by Crippen LogP contribution is 2.36. The van der Waals surface area contributed by atoms with E-state index in [1.807, 2.05) is 0 Å². The van der Waals surface area contributed by atoms with Crippen LogP contribution in [0.1, 0.15) is 76.8 Å². The Balaban J connectivity index is 1.78. The van der Waals surface area contributed by atoms with Gasteiger partial charge in [0.25, 0.3) is 0 Å². The number of ether oxygens (including phenoxy) is 1. The minimum absolute atomic E-state index is 0.0795. The minimum atomic E-state index is -2.37. The molecule has 0 radical (unpaired) electrons. The number of aromatic nitrogens is 1. The first-order chi connectivity index (χ1) is 34.7. The Morgan fingerprint density at radius 2 is 1.64 bits per heavy atom. The van der Waals surface area contributed by atoms with Crippen molar-refractivity contribution in [3.63, 3.8) is 0 Å². The number of nitrogens with zero attached hydrogens (tertiary/aromatic N) is 1. The Hall–Kier alpha value is -5.67. The van der Waals surface area contributed by atoms with E-state index in [0.29, 0.717) is 46.7 Å². The van der Waals surface area contributed by atoms with Gasteiger partial charge >= 0.3 is 0 Å². The number of hydrogen-bond acceptors (Lipinski definition) is 16. The number of nitrogens with one attached hydrogen (secondary N) is 7. The molecule has 1 aromatic carbocycles. The molecule has 2 bridgehead atoms. The molecule has 26 heteroatoms. The molecule has 0 spiro atoms. The zero-order chi connectivity index (χ0) is 53.7. The molecule has 8 amide bonds.